The zero-order chi connectivity index (χ0) is 77.4. The van der Waals surface area contributed by atoms with Gasteiger partial charge in [0.1, 0.15) is 19.3 Å². The van der Waals surface area contributed by atoms with E-state index >= 15 is 0 Å². The molecule has 0 aromatic carbocycles. The SMILES string of the molecule is CC/C=C\C/C=C\C/C=C\C/C=C\C/C=C\C/C=C\CCC(=O)OCC(COP(=O)(O)OCC(O)COP(=O)(O)OCC(COC(=O)CCCCC/C=C\C/C=C\C/C=C\C/C=C\C/C=C\CC)OC(=O)CCCCCCCCCCCCCCC)OC(=O)CCCCCCC/C=C\CCCCCCCC. The molecule has 0 heterocycles. The summed E-state index contributed by atoms with van der Waals surface area (Å²) in [6.07, 6.45) is 89.8. The highest BCUT2D eigenvalue weighted by Crippen LogP contribution is 2.45. The van der Waals surface area contributed by atoms with Gasteiger partial charge in [-0.2, -0.15) is 0 Å². The van der Waals surface area contributed by atoms with E-state index in [1.165, 1.54) is 89.9 Å². The average molecular weight is 1530 g/mol. The van der Waals surface area contributed by atoms with Crippen molar-refractivity contribution in [2.24, 2.45) is 0 Å². The van der Waals surface area contributed by atoms with Crippen LogP contribution >= 0.6 is 15.6 Å². The Morgan fingerprint density at radius 1 is 0.274 bits per heavy atom. The smallest absolute Gasteiger partial charge is 0.462 e. The zero-order valence-corrected chi connectivity index (χ0v) is 68.1. The Morgan fingerprint density at radius 2 is 0.509 bits per heavy atom. The molecule has 0 rings (SSSR count). The van der Waals surface area contributed by atoms with Crippen molar-refractivity contribution in [2.75, 3.05) is 39.6 Å². The largest absolute Gasteiger partial charge is 0.472 e. The van der Waals surface area contributed by atoms with Crippen molar-refractivity contribution in [3.05, 3.63) is 146 Å². The van der Waals surface area contributed by atoms with E-state index in [1.807, 2.05) is 18.2 Å². The molecule has 0 saturated carbocycles. The van der Waals surface area contributed by atoms with Crippen LogP contribution in [0.15, 0.2) is 146 Å². The van der Waals surface area contributed by atoms with Gasteiger partial charge in [-0.05, 0) is 135 Å². The average Bonchev–Trinajstić information content (AvgIpc) is 0.933. The fraction of sp³-hybridized carbons (Fsp3) is 0.678. The van der Waals surface area contributed by atoms with Gasteiger partial charge in [-0.3, -0.25) is 37.3 Å². The van der Waals surface area contributed by atoms with E-state index in [2.05, 4.69) is 155 Å². The number of aliphatic hydroxyl groups excluding tert-OH is 1. The summed E-state index contributed by atoms with van der Waals surface area (Å²) >= 11 is 0. The second kappa shape index (κ2) is 78.1. The third kappa shape index (κ3) is 77.1. The van der Waals surface area contributed by atoms with Crippen LogP contribution in [0.4, 0.5) is 0 Å². The molecule has 0 aliphatic heterocycles. The molecule has 0 aromatic heterocycles. The second-order valence-electron chi connectivity index (χ2n) is 27.0. The summed E-state index contributed by atoms with van der Waals surface area (Å²) in [6.45, 7) is 4.53. The minimum atomic E-state index is -5.00. The van der Waals surface area contributed by atoms with Gasteiger partial charge in [0.15, 0.2) is 12.2 Å². The highest BCUT2D eigenvalue weighted by Gasteiger charge is 2.30. The van der Waals surface area contributed by atoms with E-state index in [-0.39, 0.29) is 25.7 Å². The molecule has 0 saturated heterocycles. The highest BCUT2D eigenvalue weighted by molar-refractivity contribution is 7.47. The molecule has 17 nitrogen and oxygen atoms in total. The summed E-state index contributed by atoms with van der Waals surface area (Å²) in [5.74, 6) is -2.31. The number of allylic oxidation sites excluding steroid dienone is 24. The molecule has 5 atom stereocenters. The quantitative estimate of drug-likeness (QED) is 0.0169. The van der Waals surface area contributed by atoms with Crippen LogP contribution in [0.1, 0.15) is 323 Å². The number of ether oxygens (including phenoxy) is 4. The molecule has 19 heteroatoms. The summed E-state index contributed by atoms with van der Waals surface area (Å²) in [4.78, 5) is 73.1. The van der Waals surface area contributed by atoms with E-state index in [9.17, 15) is 43.2 Å². The molecule has 106 heavy (non-hydrogen) atoms. The first-order valence-corrected chi connectivity index (χ1v) is 44.1. The number of aliphatic hydroxyl groups is 1. The van der Waals surface area contributed by atoms with E-state index in [4.69, 9.17) is 37.0 Å². The number of unbranched alkanes of at least 4 members (excludes halogenated alkanes) is 26. The van der Waals surface area contributed by atoms with Crippen molar-refractivity contribution in [1.29, 1.82) is 0 Å². The van der Waals surface area contributed by atoms with Crippen molar-refractivity contribution in [3.8, 4) is 0 Å². The number of esters is 4. The first-order chi connectivity index (χ1) is 51.7. The van der Waals surface area contributed by atoms with Crippen LogP contribution in [0.25, 0.3) is 0 Å². The van der Waals surface area contributed by atoms with Crippen LogP contribution in [0.3, 0.4) is 0 Å². The van der Waals surface area contributed by atoms with E-state index in [0.29, 0.717) is 32.1 Å². The molecule has 0 aromatic rings. The summed E-state index contributed by atoms with van der Waals surface area (Å²) < 4.78 is 68.6. The number of carbonyl (C=O) groups is 4. The predicted molar refractivity (Wildman–Crippen MR) is 436 cm³/mol. The molecule has 0 aliphatic rings. The molecule has 0 radical (unpaired) electrons. The van der Waals surface area contributed by atoms with Crippen molar-refractivity contribution in [1.82, 2.24) is 0 Å². The molecule has 606 valence electrons. The number of phosphoric ester groups is 2. The Kier molecular flexibility index (Phi) is 74.3. The van der Waals surface area contributed by atoms with Crippen LogP contribution in [-0.2, 0) is 65.4 Å². The molecule has 0 spiro atoms. The lowest BCUT2D eigenvalue weighted by atomic mass is 10.0. The maximum Gasteiger partial charge on any atom is 0.472 e. The van der Waals surface area contributed by atoms with Crippen LogP contribution in [0, 0.1) is 0 Å². The lowest BCUT2D eigenvalue weighted by molar-refractivity contribution is -0.161. The third-order valence-electron chi connectivity index (χ3n) is 16.8. The van der Waals surface area contributed by atoms with E-state index in [0.717, 1.165) is 148 Å². The van der Waals surface area contributed by atoms with Crippen LogP contribution in [0.2, 0.25) is 0 Å². The molecule has 0 fully saturated rings. The predicted octanol–water partition coefficient (Wildman–Crippen LogP) is 24.2. The number of carbonyl (C=O) groups excluding carboxylic acids is 4. The number of hydrogen-bond donors (Lipinski definition) is 3. The van der Waals surface area contributed by atoms with Crippen molar-refractivity contribution < 1.29 is 80.2 Å². The third-order valence-corrected chi connectivity index (χ3v) is 18.7. The van der Waals surface area contributed by atoms with E-state index < -0.39 is 97.5 Å². The molecule has 0 aliphatic carbocycles. The minimum absolute atomic E-state index is 0.0314. The first-order valence-electron chi connectivity index (χ1n) is 41.1. The lowest BCUT2D eigenvalue weighted by Gasteiger charge is -2.21. The molecule has 0 amide bonds. The Balaban J connectivity index is 5.44. The van der Waals surface area contributed by atoms with E-state index in [1.54, 1.807) is 0 Å². The Morgan fingerprint density at radius 3 is 0.830 bits per heavy atom. The Hall–Kier alpha value is -5.06. The van der Waals surface area contributed by atoms with Crippen molar-refractivity contribution >= 4 is 39.5 Å². The molecular weight excluding hydrogens is 1380 g/mol. The summed E-state index contributed by atoms with van der Waals surface area (Å²) in [6, 6.07) is 0. The van der Waals surface area contributed by atoms with Crippen LogP contribution in [0.5, 0.6) is 0 Å². The topological polar surface area (TPSA) is 237 Å². The number of hydrogen-bond acceptors (Lipinski definition) is 15. The van der Waals surface area contributed by atoms with Crippen LogP contribution < -0.4 is 0 Å². The molecular formula is C87H146O17P2. The monoisotopic (exact) mass is 1530 g/mol. The minimum Gasteiger partial charge on any atom is -0.462 e. The fourth-order valence-electron chi connectivity index (χ4n) is 10.6. The summed E-state index contributed by atoms with van der Waals surface area (Å²) in [5.41, 5.74) is 0. The maximum absolute atomic E-state index is 13.1. The normalized spacial score (nSPS) is 14.6. The van der Waals surface area contributed by atoms with Gasteiger partial charge in [-0.25, -0.2) is 9.13 Å². The standard InChI is InChI=1S/C87H146O17P2/c1-5-9-13-17-21-25-29-33-36-38-40-42-45-48-51-55-59-63-67-71-84(89)97-77-82(103-86(91)73-69-65-61-57-53-47-32-28-24-20-16-12-8-4)79-101-105(93,94)99-75-81(88)76-100-106(95,96)102-80-83(104-87(92)74-70-66-62-58-54-50-44-35-31-27-23-19-15-11-7-3)78-98-85(90)72-68-64-60-56-52-49-46-43-41-39-37-34-30-26-22-18-14-10-6-2/h9-10,13-14,21-22,25-26,33-37,40-44,48-49,51-52,60,64,81-83,88H,5-8,11-12,15-20,23-24,27-32,38-39,45-47,50,53-59,61-63,65-80H2,1-4H3,(H,93,94)(H,95,96)/b13-9-,14-10-,25-21-,26-22-,36-33-,37-34-,42-40-,43-41-,44-35-,51-48-,52-49-,64-60-. The van der Waals surface area contributed by atoms with Gasteiger partial charge < -0.3 is 33.8 Å². The van der Waals surface area contributed by atoms with Gasteiger partial charge in [0.25, 0.3) is 0 Å². The molecule has 0 bridgehead atoms. The maximum atomic E-state index is 13.1. The summed E-state index contributed by atoms with van der Waals surface area (Å²) in [7, 11) is -9.99. The van der Waals surface area contributed by atoms with Gasteiger partial charge in [-0.1, -0.05) is 308 Å². The highest BCUT2D eigenvalue weighted by atomic mass is 31.2. The van der Waals surface area contributed by atoms with Gasteiger partial charge in [0.2, 0.25) is 0 Å². The van der Waals surface area contributed by atoms with Gasteiger partial charge in [0, 0.05) is 25.7 Å². The lowest BCUT2D eigenvalue weighted by Crippen LogP contribution is -2.30. The van der Waals surface area contributed by atoms with Gasteiger partial charge >= 0.3 is 39.5 Å². The van der Waals surface area contributed by atoms with Crippen molar-refractivity contribution in [2.45, 2.75) is 341 Å². The molecule has 5 unspecified atom stereocenters. The molecule has 3 N–H and O–H groups in total. The fourth-order valence-corrected chi connectivity index (χ4v) is 12.2. The van der Waals surface area contributed by atoms with Crippen LogP contribution in [-0.4, -0.2) is 96.7 Å². The van der Waals surface area contributed by atoms with Gasteiger partial charge in [-0.15, -0.1) is 0 Å². The number of rotatable bonds is 76. The second-order valence-corrected chi connectivity index (χ2v) is 29.9. The Labute approximate surface area is 643 Å². The Bertz CT molecular complexity index is 2580. The summed E-state index contributed by atoms with van der Waals surface area (Å²) in [5, 5.41) is 10.6. The van der Waals surface area contributed by atoms with Gasteiger partial charge in [0.05, 0.1) is 26.4 Å². The zero-order valence-electron chi connectivity index (χ0n) is 66.3. The van der Waals surface area contributed by atoms with Crippen molar-refractivity contribution in [3.63, 3.8) is 0 Å². The first kappa shape index (κ1) is 101. The number of phosphoric acid groups is 2.